The van der Waals surface area contributed by atoms with Crippen LogP contribution in [-0.2, 0) is 30.4 Å². The van der Waals surface area contributed by atoms with Gasteiger partial charge in [0.05, 0.1) is 14.2 Å². The van der Waals surface area contributed by atoms with Gasteiger partial charge in [0.25, 0.3) is 11.6 Å². The summed E-state index contributed by atoms with van der Waals surface area (Å²) in [6.45, 7) is -0.231. The van der Waals surface area contributed by atoms with E-state index in [1.54, 1.807) is 60.7 Å². The number of methoxy groups -OCH3 is 2. The topological polar surface area (TPSA) is 134 Å². The Morgan fingerprint density at radius 2 is 1.56 bits per heavy atom. The quantitative estimate of drug-likeness (QED) is 0.583. The van der Waals surface area contributed by atoms with Crippen LogP contribution in [0.5, 0.6) is 0 Å². The second-order valence-electron chi connectivity index (χ2n) is 6.74. The van der Waals surface area contributed by atoms with E-state index in [2.05, 4.69) is 15.4 Å². The van der Waals surface area contributed by atoms with E-state index in [0.717, 1.165) is 19.1 Å². The summed E-state index contributed by atoms with van der Waals surface area (Å²) < 4.78 is 9.54. The van der Waals surface area contributed by atoms with E-state index in [4.69, 9.17) is 4.74 Å². The number of urea groups is 1. The number of rotatable bonds is 6. The normalized spacial score (nSPS) is 17.7. The molecule has 1 aliphatic rings. The van der Waals surface area contributed by atoms with Crippen LogP contribution in [-0.4, -0.2) is 53.8 Å². The van der Waals surface area contributed by atoms with Crippen molar-refractivity contribution < 1.29 is 33.8 Å². The maximum atomic E-state index is 13.0. The first-order valence-corrected chi connectivity index (χ1v) is 9.45. The van der Waals surface area contributed by atoms with Crippen molar-refractivity contribution in [3.8, 4) is 0 Å². The predicted molar refractivity (Wildman–Crippen MR) is 112 cm³/mol. The summed E-state index contributed by atoms with van der Waals surface area (Å²) in [7, 11) is 2.04. The number of nitrogens with one attached hydrogen (secondary N) is 2. The summed E-state index contributed by atoms with van der Waals surface area (Å²) in [5.41, 5.74) is -2.27. The van der Waals surface area contributed by atoms with Crippen LogP contribution in [0.2, 0.25) is 0 Å². The first-order chi connectivity index (χ1) is 15.3. The molecule has 2 aromatic carbocycles. The van der Waals surface area contributed by atoms with Crippen molar-refractivity contribution >= 4 is 29.6 Å². The standard InChI is InChI=1S/C22H21N3O7/c1-31-19(28)16-17(26)18(27)25(13-14-9-5-3-6-10-14)22(16,20(29)32-2)24-21(30)23-15-11-7-4-8-12-15/h3-12,26H,13H2,1-2H3,(H2,23,24,30). The number of aliphatic hydroxyl groups is 1. The molecule has 32 heavy (non-hydrogen) atoms. The van der Waals surface area contributed by atoms with Crippen molar-refractivity contribution in [2.24, 2.45) is 0 Å². The summed E-state index contributed by atoms with van der Waals surface area (Å²) in [6.07, 6.45) is 0. The molecule has 0 aromatic heterocycles. The van der Waals surface area contributed by atoms with E-state index in [9.17, 15) is 24.3 Å². The second-order valence-corrected chi connectivity index (χ2v) is 6.74. The van der Waals surface area contributed by atoms with Crippen LogP contribution in [0.4, 0.5) is 10.5 Å². The molecule has 3 N–H and O–H groups in total. The second kappa shape index (κ2) is 9.21. The third kappa shape index (κ3) is 3.97. The molecule has 1 heterocycles. The van der Waals surface area contributed by atoms with Crippen LogP contribution in [0.15, 0.2) is 72.0 Å². The molecule has 1 unspecified atom stereocenters. The van der Waals surface area contributed by atoms with Gasteiger partial charge < -0.3 is 25.2 Å². The van der Waals surface area contributed by atoms with E-state index in [0.29, 0.717) is 11.3 Å². The minimum absolute atomic E-state index is 0.231. The molecule has 2 aromatic rings. The van der Waals surface area contributed by atoms with Crippen LogP contribution >= 0.6 is 0 Å². The van der Waals surface area contributed by atoms with Crippen molar-refractivity contribution in [2.45, 2.75) is 12.2 Å². The molecule has 0 radical (unpaired) electrons. The van der Waals surface area contributed by atoms with Gasteiger partial charge in [-0.15, -0.1) is 0 Å². The SMILES string of the molecule is COC(=O)C1=C(O)C(=O)N(Cc2ccccc2)C1(NC(=O)Nc1ccccc1)C(=O)OC. The van der Waals surface area contributed by atoms with Crippen LogP contribution < -0.4 is 10.6 Å². The monoisotopic (exact) mass is 439 g/mol. The predicted octanol–water partition coefficient (Wildman–Crippen LogP) is 1.70. The van der Waals surface area contributed by atoms with Crippen LogP contribution in [0, 0.1) is 0 Å². The van der Waals surface area contributed by atoms with Crippen LogP contribution in [0.25, 0.3) is 0 Å². The highest BCUT2D eigenvalue weighted by Crippen LogP contribution is 2.36. The molecule has 1 atom stereocenters. The van der Waals surface area contributed by atoms with Gasteiger partial charge >= 0.3 is 18.0 Å². The first kappa shape index (κ1) is 22.3. The van der Waals surface area contributed by atoms with Gasteiger partial charge in [-0.3, -0.25) is 9.69 Å². The molecule has 0 fully saturated rings. The first-order valence-electron chi connectivity index (χ1n) is 9.45. The highest BCUT2D eigenvalue weighted by molar-refractivity contribution is 6.15. The number of ether oxygens (including phenoxy) is 2. The lowest BCUT2D eigenvalue weighted by Gasteiger charge is -2.37. The Labute approximate surface area is 183 Å². The minimum Gasteiger partial charge on any atom is -0.503 e. The number of carbonyl (C=O) groups is 4. The Bertz CT molecular complexity index is 1070. The van der Waals surface area contributed by atoms with Gasteiger partial charge in [-0.2, -0.15) is 0 Å². The maximum Gasteiger partial charge on any atom is 0.358 e. The zero-order valence-corrected chi connectivity index (χ0v) is 17.3. The largest absolute Gasteiger partial charge is 0.503 e. The van der Waals surface area contributed by atoms with Gasteiger partial charge in [-0.25, -0.2) is 14.4 Å². The number of aliphatic hydroxyl groups excluding tert-OH is 1. The smallest absolute Gasteiger partial charge is 0.358 e. The average Bonchev–Trinajstić information content (AvgIpc) is 3.01. The van der Waals surface area contributed by atoms with Gasteiger partial charge in [-0.1, -0.05) is 48.5 Å². The Morgan fingerprint density at radius 1 is 0.969 bits per heavy atom. The summed E-state index contributed by atoms with van der Waals surface area (Å²) >= 11 is 0. The van der Waals surface area contributed by atoms with E-state index < -0.39 is 40.9 Å². The molecule has 3 amide bonds. The van der Waals surface area contributed by atoms with E-state index in [1.165, 1.54) is 0 Å². The van der Waals surface area contributed by atoms with Crippen molar-refractivity contribution in [3.05, 3.63) is 77.6 Å². The average molecular weight is 439 g/mol. The number of benzene rings is 2. The molecular formula is C22H21N3O7. The molecule has 1 aliphatic heterocycles. The molecule has 10 heteroatoms. The van der Waals surface area contributed by atoms with Crippen molar-refractivity contribution in [1.82, 2.24) is 10.2 Å². The van der Waals surface area contributed by atoms with Gasteiger partial charge in [0.15, 0.2) is 5.76 Å². The number of carbonyl (C=O) groups excluding carboxylic acids is 4. The van der Waals surface area contributed by atoms with Gasteiger partial charge in [0, 0.05) is 12.2 Å². The van der Waals surface area contributed by atoms with E-state index >= 15 is 0 Å². The van der Waals surface area contributed by atoms with Gasteiger partial charge in [-0.05, 0) is 17.7 Å². The molecule has 0 spiro atoms. The van der Waals surface area contributed by atoms with E-state index in [-0.39, 0.29) is 6.54 Å². The Hall–Kier alpha value is -4.34. The Morgan fingerprint density at radius 3 is 2.12 bits per heavy atom. The Balaban J connectivity index is 2.10. The van der Waals surface area contributed by atoms with E-state index in [1.807, 2.05) is 0 Å². The lowest BCUT2D eigenvalue weighted by atomic mass is 9.99. The lowest BCUT2D eigenvalue weighted by molar-refractivity contribution is -0.160. The summed E-state index contributed by atoms with van der Waals surface area (Å²) in [5, 5.41) is 15.4. The Kier molecular flexibility index (Phi) is 6.43. The highest BCUT2D eigenvalue weighted by atomic mass is 16.5. The number of esters is 2. The van der Waals surface area contributed by atoms with Crippen LogP contribution in [0.3, 0.4) is 0 Å². The minimum atomic E-state index is -2.47. The molecule has 166 valence electrons. The highest BCUT2D eigenvalue weighted by Gasteiger charge is 2.62. The zero-order valence-electron chi connectivity index (χ0n) is 17.3. The van der Waals surface area contributed by atoms with Gasteiger partial charge in [0.2, 0.25) is 0 Å². The number of hydrogen-bond donors (Lipinski definition) is 3. The van der Waals surface area contributed by atoms with Crippen LogP contribution in [0.1, 0.15) is 5.56 Å². The molecule has 3 rings (SSSR count). The maximum absolute atomic E-state index is 13.0. The molecule has 0 bridgehead atoms. The zero-order chi connectivity index (χ0) is 23.3. The molecule has 0 aliphatic carbocycles. The van der Waals surface area contributed by atoms with Crippen molar-refractivity contribution in [1.29, 1.82) is 0 Å². The number of amides is 3. The van der Waals surface area contributed by atoms with Crippen molar-refractivity contribution in [2.75, 3.05) is 19.5 Å². The molecule has 0 saturated heterocycles. The van der Waals surface area contributed by atoms with Crippen molar-refractivity contribution in [3.63, 3.8) is 0 Å². The number of anilines is 1. The third-order valence-corrected chi connectivity index (χ3v) is 4.83. The fourth-order valence-electron chi connectivity index (χ4n) is 3.39. The summed E-state index contributed by atoms with van der Waals surface area (Å²) in [4.78, 5) is 52.2. The lowest BCUT2D eigenvalue weighted by Crippen LogP contribution is -2.66. The molecule has 0 saturated carbocycles. The molecule has 10 nitrogen and oxygen atoms in total. The fourth-order valence-corrected chi connectivity index (χ4v) is 3.39. The number of hydrogen-bond acceptors (Lipinski definition) is 7. The summed E-state index contributed by atoms with van der Waals surface area (Å²) in [5.74, 6) is -4.44. The summed E-state index contributed by atoms with van der Waals surface area (Å²) in [6, 6.07) is 15.9. The van der Waals surface area contributed by atoms with Gasteiger partial charge in [0.1, 0.15) is 5.57 Å². The number of para-hydroxylation sites is 1. The third-order valence-electron chi connectivity index (χ3n) is 4.83. The molecular weight excluding hydrogens is 418 g/mol. The number of nitrogens with zero attached hydrogens (tertiary/aromatic N) is 1. The fraction of sp³-hybridized carbons (Fsp3) is 0.182.